The molecule has 3 rings (SSSR count). The van der Waals surface area contributed by atoms with Gasteiger partial charge in [0.25, 0.3) is 0 Å². The van der Waals surface area contributed by atoms with E-state index in [2.05, 4.69) is 10.6 Å². The first-order valence-corrected chi connectivity index (χ1v) is 9.33. The quantitative estimate of drug-likeness (QED) is 0.524. The number of benzene rings is 2. The second-order valence-electron chi connectivity index (χ2n) is 6.80. The Morgan fingerprint density at radius 3 is 2.45 bits per heavy atom. The number of rotatable bonds is 3. The minimum atomic E-state index is -4.89. The summed E-state index contributed by atoms with van der Waals surface area (Å²) in [6.45, 7) is 1.67. The van der Waals surface area contributed by atoms with Crippen LogP contribution in [0.4, 0.5) is 28.0 Å². The van der Waals surface area contributed by atoms with Crippen LogP contribution in [0.5, 0.6) is 0 Å². The molecule has 0 fully saturated rings. The molecule has 29 heavy (non-hydrogen) atoms. The summed E-state index contributed by atoms with van der Waals surface area (Å²) in [7, 11) is 0. The number of alkyl halides is 3. The number of hydrogen-bond donors (Lipinski definition) is 3. The molecule has 2 aromatic rings. The number of urea groups is 1. The Morgan fingerprint density at radius 1 is 1.24 bits per heavy atom. The molecular weight excluding hydrogens is 435 g/mol. The van der Waals surface area contributed by atoms with Gasteiger partial charge in [0.05, 0.1) is 21.8 Å². The molecule has 0 aliphatic heterocycles. The molecule has 0 radical (unpaired) electrons. The maximum Gasteiger partial charge on any atom is 0.421 e. The van der Waals surface area contributed by atoms with E-state index in [0.29, 0.717) is 5.56 Å². The van der Waals surface area contributed by atoms with Gasteiger partial charge in [0.1, 0.15) is 5.82 Å². The molecule has 1 aliphatic rings. The van der Waals surface area contributed by atoms with Crippen molar-refractivity contribution in [2.24, 2.45) is 0 Å². The van der Waals surface area contributed by atoms with Crippen LogP contribution in [0.1, 0.15) is 36.1 Å². The maximum absolute atomic E-state index is 13.3. The van der Waals surface area contributed by atoms with Crippen molar-refractivity contribution < 1.29 is 27.5 Å². The van der Waals surface area contributed by atoms with Gasteiger partial charge < -0.3 is 15.7 Å². The Morgan fingerprint density at radius 2 is 1.86 bits per heavy atom. The van der Waals surface area contributed by atoms with E-state index in [-0.39, 0.29) is 27.7 Å². The lowest BCUT2D eigenvalue weighted by Gasteiger charge is -2.27. The molecule has 2 amide bonds. The summed E-state index contributed by atoms with van der Waals surface area (Å²) in [6.07, 6.45) is -5.59. The number of anilines is 1. The van der Waals surface area contributed by atoms with Gasteiger partial charge in [-0.3, -0.25) is 0 Å². The lowest BCUT2D eigenvalue weighted by atomic mass is 9.95. The smallest absolute Gasteiger partial charge is 0.376 e. The molecule has 4 nitrogen and oxygen atoms in total. The van der Waals surface area contributed by atoms with Gasteiger partial charge in [0, 0.05) is 0 Å². The van der Waals surface area contributed by atoms with Crippen molar-refractivity contribution in [3.8, 4) is 0 Å². The van der Waals surface area contributed by atoms with Crippen molar-refractivity contribution in [1.29, 1.82) is 0 Å². The fraction of sp³-hybridized carbons (Fsp3) is 0.316. The molecule has 0 saturated heterocycles. The van der Waals surface area contributed by atoms with E-state index in [9.17, 15) is 27.5 Å². The average Bonchev–Trinajstić information content (AvgIpc) is 2.97. The van der Waals surface area contributed by atoms with Crippen LogP contribution in [0.25, 0.3) is 0 Å². The monoisotopic (exact) mass is 450 g/mol. The number of fused-ring (bicyclic) bond motifs is 1. The molecule has 0 saturated carbocycles. The van der Waals surface area contributed by atoms with Crippen molar-refractivity contribution in [3.63, 3.8) is 0 Å². The second-order valence-corrected chi connectivity index (χ2v) is 7.59. The minimum Gasteiger partial charge on any atom is -0.376 e. The highest BCUT2D eigenvalue weighted by atomic mass is 35.5. The van der Waals surface area contributed by atoms with Gasteiger partial charge in [-0.2, -0.15) is 13.2 Å². The summed E-state index contributed by atoms with van der Waals surface area (Å²) in [5.41, 5.74) is -2.78. The van der Waals surface area contributed by atoms with Gasteiger partial charge in [-0.25, -0.2) is 9.18 Å². The van der Waals surface area contributed by atoms with Gasteiger partial charge in [0.2, 0.25) is 0 Å². The molecule has 0 heterocycles. The van der Waals surface area contributed by atoms with Crippen molar-refractivity contribution in [2.45, 2.75) is 37.6 Å². The molecule has 0 spiro atoms. The third kappa shape index (κ3) is 4.01. The Hall–Kier alpha value is -2.03. The van der Waals surface area contributed by atoms with Crippen molar-refractivity contribution >= 4 is 34.9 Å². The summed E-state index contributed by atoms with van der Waals surface area (Å²) in [5.74, 6) is -0.416. The number of amides is 2. The Labute approximate surface area is 173 Å². The van der Waals surface area contributed by atoms with Crippen LogP contribution in [0, 0.1) is 5.82 Å². The highest BCUT2D eigenvalue weighted by molar-refractivity contribution is 6.40. The van der Waals surface area contributed by atoms with E-state index in [1.54, 1.807) is 6.92 Å². The zero-order valence-corrected chi connectivity index (χ0v) is 16.5. The zero-order chi connectivity index (χ0) is 21.6. The summed E-state index contributed by atoms with van der Waals surface area (Å²) >= 11 is 12.3. The summed E-state index contributed by atoms with van der Waals surface area (Å²) < 4.78 is 52.9. The van der Waals surface area contributed by atoms with Crippen molar-refractivity contribution in [2.75, 3.05) is 5.32 Å². The zero-order valence-electron chi connectivity index (χ0n) is 15.0. The first-order valence-electron chi connectivity index (χ1n) is 8.57. The van der Waals surface area contributed by atoms with Crippen LogP contribution in [0.15, 0.2) is 30.3 Å². The Bertz CT molecular complexity index is 951. The van der Waals surface area contributed by atoms with Crippen LogP contribution in [-0.2, 0) is 12.0 Å². The van der Waals surface area contributed by atoms with Gasteiger partial charge in [0.15, 0.2) is 5.60 Å². The topological polar surface area (TPSA) is 61.4 Å². The number of halogens is 6. The van der Waals surface area contributed by atoms with E-state index >= 15 is 0 Å². The molecule has 3 N–H and O–H groups in total. The lowest BCUT2D eigenvalue weighted by Crippen LogP contribution is -2.40. The second kappa shape index (κ2) is 7.66. The van der Waals surface area contributed by atoms with Gasteiger partial charge in [-0.15, -0.1) is 0 Å². The molecule has 10 heteroatoms. The predicted molar refractivity (Wildman–Crippen MR) is 102 cm³/mol. The minimum absolute atomic E-state index is 0.0534. The van der Waals surface area contributed by atoms with Gasteiger partial charge in [-0.05, 0) is 54.7 Å². The average molecular weight is 451 g/mol. The number of nitrogens with one attached hydrogen (secondary N) is 2. The van der Waals surface area contributed by atoms with Gasteiger partial charge in [-0.1, -0.05) is 35.3 Å². The predicted octanol–water partition coefficient (Wildman–Crippen LogP) is 5.71. The van der Waals surface area contributed by atoms with E-state index in [4.69, 9.17) is 23.2 Å². The first-order chi connectivity index (χ1) is 13.4. The molecule has 2 atom stereocenters. The molecule has 2 aromatic carbocycles. The van der Waals surface area contributed by atoms with Crippen LogP contribution < -0.4 is 10.6 Å². The van der Waals surface area contributed by atoms with Crippen LogP contribution in [0.3, 0.4) is 0 Å². The number of aliphatic hydroxyl groups is 1. The number of carbonyl (C=O) groups is 1. The van der Waals surface area contributed by atoms with E-state index in [1.165, 1.54) is 24.3 Å². The highest BCUT2D eigenvalue weighted by Gasteiger charge is 2.58. The van der Waals surface area contributed by atoms with Crippen LogP contribution >= 0.6 is 23.2 Å². The van der Waals surface area contributed by atoms with Crippen LogP contribution in [0.2, 0.25) is 10.0 Å². The molecule has 1 aliphatic carbocycles. The number of hydrogen-bond acceptors (Lipinski definition) is 2. The van der Waals surface area contributed by atoms with E-state index in [0.717, 1.165) is 6.07 Å². The third-order valence-corrected chi connectivity index (χ3v) is 5.64. The molecule has 0 aromatic heterocycles. The van der Waals surface area contributed by atoms with Crippen molar-refractivity contribution in [1.82, 2.24) is 5.32 Å². The standard InChI is InChI=1S/C19H16Cl2F4N2O2/c1-9(10-2-4-11(22)5-3-10)26-17(28)27-16-14(20)8-13-12(15(16)21)6-7-18(13,29)19(23,24)25/h2-5,8-9,29H,6-7H2,1H3,(H2,26,27,28)/t9?,18-/m0/s1. The fourth-order valence-electron chi connectivity index (χ4n) is 3.30. The molecule has 1 unspecified atom stereocenters. The van der Waals surface area contributed by atoms with Crippen LogP contribution in [-0.4, -0.2) is 17.3 Å². The normalized spacial score (nSPS) is 19.6. The summed E-state index contributed by atoms with van der Waals surface area (Å²) in [5, 5.41) is 14.8. The first kappa shape index (κ1) is 21.7. The third-order valence-electron chi connectivity index (χ3n) is 4.93. The summed E-state index contributed by atoms with van der Waals surface area (Å²) in [6, 6.07) is 5.30. The van der Waals surface area contributed by atoms with E-state index < -0.39 is 41.7 Å². The summed E-state index contributed by atoms with van der Waals surface area (Å²) in [4.78, 5) is 12.3. The molecule has 0 bridgehead atoms. The lowest BCUT2D eigenvalue weighted by molar-refractivity contribution is -0.265. The van der Waals surface area contributed by atoms with E-state index in [1.807, 2.05) is 0 Å². The molecule has 156 valence electrons. The Kier molecular flexibility index (Phi) is 5.73. The van der Waals surface area contributed by atoms with Gasteiger partial charge >= 0.3 is 12.2 Å². The highest BCUT2D eigenvalue weighted by Crippen LogP contribution is 2.52. The number of carbonyl (C=O) groups excluding carboxylic acids is 1. The SMILES string of the molecule is CC(NC(=O)Nc1c(Cl)cc2c(c1Cl)CC[C@@]2(O)C(F)(F)F)c1ccc(F)cc1. The Balaban J connectivity index is 1.82. The molecular formula is C19H16Cl2F4N2O2. The maximum atomic E-state index is 13.3. The van der Waals surface area contributed by atoms with Crippen molar-refractivity contribution in [3.05, 3.63) is 62.9 Å². The largest absolute Gasteiger partial charge is 0.421 e. The fourth-order valence-corrected chi connectivity index (χ4v) is 3.95.